The van der Waals surface area contributed by atoms with Crippen LogP contribution in [0.25, 0.3) is 0 Å². The van der Waals surface area contributed by atoms with Gasteiger partial charge in [0.15, 0.2) is 11.5 Å². The lowest BCUT2D eigenvalue weighted by Gasteiger charge is -2.15. The predicted octanol–water partition coefficient (Wildman–Crippen LogP) is 6.12. The van der Waals surface area contributed by atoms with Gasteiger partial charge in [0.2, 0.25) is 0 Å². The molecule has 0 fully saturated rings. The topological polar surface area (TPSA) is 30.5 Å². The Morgan fingerprint density at radius 1 is 1.04 bits per heavy atom. The summed E-state index contributed by atoms with van der Waals surface area (Å²) in [5.41, 5.74) is 3.52. The molecule has 0 aliphatic rings. The third-order valence-corrected chi connectivity index (χ3v) is 5.47. The molecule has 1 N–H and O–H groups in total. The summed E-state index contributed by atoms with van der Waals surface area (Å²) in [6.45, 7) is 4.22. The Balaban J connectivity index is 0.00000261. The lowest BCUT2D eigenvalue weighted by Crippen LogP contribution is -2.12. The van der Waals surface area contributed by atoms with Gasteiger partial charge in [-0.25, -0.2) is 0 Å². The van der Waals surface area contributed by atoms with Gasteiger partial charge in [0.05, 0.1) is 11.6 Å². The van der Waals surface area contributed by atoms with Crippen LogP contribution in [0.15, 0.2) is 58.4 Å². The van der Waals surface area contributed by atoms with Gasteiger partial charge in [-0.05, 0) is 57.6 Å². The van der Waals surface area contributed by atoms with Crippen LogP contribution in [0.4, 0.5) is 0 Å². The molecular weight excluding hydrogens is 446 g/mol. The first-order valence-electron chi connectivity index (χ1n) is 8.43. The molecule has 0 saturated heterocycles. The Morgan fingerprint density at radius 3 is 2.48 bits per heavy atom. The average molecular weight is 469 g/mol. The van der Waals surface area contributed by atoms with Gasteiger partial charge in [-0.2, -0.15) is 0 Å². The number of aryl methyl sites for hydroxylation is 1. The van der Waals surface area contributed by atoms with E-state index in [1.54, 1.807) is 18.4 Å². The molecule has 144 valence electrons. The number of methoxy groups -OCH3 is 1. The van der Waals surface area contributed by atoms with E-state index in [9.17, 15) is 0 Å². The van der Waals surface area contributed by atoms with Crippen LogP contribution in [0.1, 0.15) is 21.6 Å². The number of nitrogens with one attached hydrogen (secondary N) is 1. The highest BCUT2D eigenvalue weighted by molar-refractivity contribution is 9.10. The van der Waals surface area contributed by atoms with Crippen LogP contribution >= 0.6 is 39.7 Å². The predicted molar refractivity (Wildman–Crippen MR) is 118 cm³/mol. The maximum absolute atomic E-state index is 6.01. The van der Waals surface area contributed by atoms with E-state index >= 15 is 0 Å². The van der Waals surface area contributed by atoms with Crippen LogP contribution in [0.3, 0.4) is 0 Å². The van der Waals surface area contributed by atoms with Gasteiger partial charge in [0.25, 0.3) is 0 Å². The minimum absolute atomic E-state index is 0. The van der Waals surface area contributed by atoms with E-state index in [1.165, 1.54) is 10.4 Å². The first-order chi connectivity index (χ1) is 12.7. The molecule has 0 radical (unpaired) electrons. The lowest BCUT2D eigenvalue weighted by atomic mass is 10.1. The summed E-state index contributed by atoms with van der Waals surface area (Å²) in [7, 11) is 1.67. The van der Waals surface area contributed by atoms with Crippen molar-refractivity contribution >= 4 is 39.7 Å². The van der Waals surface area contributed by atoms with Gasteiger partial charge in [0, 0.05) is 18.0 Å². The highest BCUT2D eigenvalue weighted by atomic mass is 79.9. The van der Waals surface area contributed by atoms with Crippen molar-refractivity contribution in [2.45, 2.75) is 26.6 Å². The molecular formula is C21H23BrClNO2S. The van der Waals surface area contributed by atoms with Crippen molar-refractivity contribution in [3.8, 4) is 11.5 Å². The maximum Gasteiger partial charge on any atom is 0.175 e. The van der Waals surface area contributed by atoms with Crippen LogP contribution in [-0.2, 0) is 19.7 Å². The van der Waals surface area contributed by atoms with Crippen molar-refractivity contribution < 1.29 is 9.47 Å². The molecule has 0 bridgehead atoms. The molecule has 1 aromatic heterocycles. The molecule has 2 aromatic carbocycles. The first kappa shape index (κ1) is 21.8. The van der Waals surface area contributed by atoms with Gasteiger partial charge < -0.3 is 14.8 Å². The zero-order chi connectivity index (χ0) is 18.4. The number of benzene rings is 2. The van der Waals surface area contributed by atoms with Gasteiger partial charge in [-0.3, -0.25) is 0 Å². The van der Waals surface area contributed by atoms with Crippen molar-refractivity contribution in [3.63, 3.8) is 0 Å². The van der Waals surface area contributed by atoms with E-state index in [1.807, 2.05) is 6.07 Å². The summed E-state index contributed by atoms with van der Waals surface area (Å²) in [6.07, 6.45) is 0. The van der Waals surface area contributed by atoms with E-state index in [0.717, 1.165) is 40.2 Å². The van der Waals surface area contributed by atoms with Crippen LogP contribution in [-0.4, -0.2) is 7.11 Å². The van der Waals surface area contributed by atoms with Crippen LogP contribution < -0.4 is 14.8 Å². The summed E-state index contributed by atoms with van der Waals surface area (Å²) in [5.74, 6) is 1.47. The Hall–Kier alpha value is -1.53. The molecule has 3 nitrogen and oxygen atoms in total. The molecule has 0 aliphatic heterocycles. The molecule has 0 spiro atoms. The van der Waals surface area contributed by atoms with Crippen molar-refractivity contribution in [2.24, 2.45) is 0 Å². The molecule has 0 saturated carbocycles. The second kappa shape index (κ2) is 10.7. The Kier molecular flexibility index (Phi) is 8.64. The summed E-state index contributed by atoms with van der Waals surface area (Å²) in [6, 6.07) is 16.7. The fourth-order valence-electron chi connectivity index (χ4n) is 2.60. The number of rotatable bonds is 8. The second-order valence-electron chi connectivity index (χ2n) is 6.07. The molecule has 1 heterocycles. The average Bonchev–Trinajstić information content (AvgIpc) is 3.15. The maximum atomic E-state index is 6.01. The fourth-order valence-corrected chi connectivity index (χ4v) is 3.88. The third kappa shape index (κ3) is 6.25. The first-order valence-corrected chi connectivity index (χ1v) is 10.1. The van der Waals surface area contributed by atoms with Crippen molar-refractivity contribution in [1.29, 1.82) is 0 Å². The number of thiophene rings is 1. The highest BCUT2D eigenvalue weighted by Gasteiger charge is 2.12. The van der Waals surface area contributed by atoms with Crippen LogP contribution in [0, 0.1) is 6.92 Å². The summed E-state index contributed by atoms with van der Waals surface area (Å²) < 4.78 is 12.5. The van der Waals surface area contributed by atoms with Crippen molar-refractivity contribution in [3.05, 3.63) is 80.0 Å². The van der Waals surface area contributed by atoms with Gasteiger partial charge in [-0.1, -0.05) is 35.9 Å². The largest absolute Gasteiger partial charge is 0.493 e. The van der Waals surface area contributed by atoms with E-state index in [0.29, 0.717) is 6.61 Å². The van der Waals surface area contributed by atoms with Crippen molar-refractivity contribution in [1.82, 2.24) is 5.32 Å². The second-order valence-corrected chi connectivity index (χ2v) is 7.95. The van der Waals surface area contributed by atoms with Crippen LogP contribution in [0.2, 0.25) is 0 Å². The summed E-state index contributed by atoms with van der Waals surface area (Å²) in [5, 5.41) is 5.55. The molecule has 3 aromatic rings. The quantitative estimate of drug-likeness (QED) is 0.432. The lowest BCUT2D eigenvalue weighted by molar-refractivity contribution is 0.282. The van der Waals surface area contributed by atoms with E-state index in [2.05, 4.69) is 76.0 Å². The zero-order valence-electron chi connectivity index (χ0n) is 15.3. The van der Waals surface area contributed by atoms with Gasteiger partial charge >= 0.3 is 0 Å². The molecule has 0 atom stereocenters. The van der Waals surface area contributed by atoms with E-state index < -0.39 is 0 Å². The minimum Gasteiger partial charge on any atom is -0.493 e. The van der Waals surface area contributed by atoms with E-state index in [-0.39, 0.29) is 12.4 Å². The summed E-state index contributed by atoms with van der Waals surface area (Å²) in [4.78, 5) is 1.33. The number of hydrogen-bond donors (Lipinski definition) is 1. The SMILES string of the molecule is COc1cc(CNCc2cccs2)cc(Br)c1OCc1ccc(C)cc1.Cl. The Bertz CT molecular complexity index is 838. The Labute approximate surface area is 179 Å². The van der Waals surface area contributed by atoms with Crippen LogP contribution in [0.5, 0.6) is 11.5 Å². The van der Waals surface area contributed by atoms with E-state index in [4.69, 9.17) is 9.47 Å². The highest BCUT2D eigenvalue weighted by Crippen LogP contribution is 2.37. The monoisotopic (exact) mass is 467 g/mol. The number of halogens is 2. The smallest absolute Gasteiger partial charge is 0.175 e. The zero-order valence-corrected chi connectivity index (χ0v) is 18.5. The standard InChI is InChI=1S/C21H22BrNO2S.ClH/c1-15-5-7-16(8-6-15)14-25-21-19(22)10-17(11-20(21)24-2)12-23-13-18-4-3-9-26-18;/h3-11,23H,12-14H2,1-2H3;1H. The third-order valence-electron chi connectivity index (χ3n) is 4.00. The minimum atomic E-state index is 0. The summed E-state index contributed by atoms with van der Waals surface area (Å²) >= 11 is 5.38. The molecule has 0 amide bonds. The molecule has 27 heavy (non-hydrogen) atoms. The number of hydrogen-bond acceptors (Lipinski definition) is 4. The van der Waals surface area contributed by atoms with Gasteiger partial charge in [-0.15, -0.1) is 23.7 Å². The molecule has 6 heteroatoms. The van der Waals surface area contributed by atoms with Crippen molar-refractivity contribution in [2.75, 3.05) is 7.11 Å². The fraction of sp³-hybridized carbons (Fsp3) is 0.238. The molecule has 0 unspecified atom stereocenters. The normalized spacial score (nSPS) is 10.3. The molecule has 3 rings (SSSR count). The number of ether oxygens (including phenoxy) is 2. The Morgan fingerprint density at radius 2 is 1.81 bits per heavy atom. The molecule has 0 aliphatic carbocycles. The van der Waals surface area contributed by atoms with Gasteiger partial charge in [0.1, 0.15) is 6.61 Å².